The predicted molar refractivity (Wildman–Crippen MR) is 107 cm³/mol. The summed E-state index contributed by atoms with van der Waals surface area (Å²) >= 11 is 12.2. The van der Waals surface area contributed by atoms with Crippen LogP contribution in [0.3, 0.4) is 0 Å². The lowest BCUT2D eigenvalue weighted by atomic mass is 10.2. The average molecular weight is 382 g/mol. The van der Waals surface area contributed by atoms with Gasteiger partial charge in [0.2, 0.25) is 5.95 Å². The molecule has 2 aromatic heterocycles. The van der Waals surface area contributed by atoms with Crippen LogP contribution in [0.2, 0.25) is 10.0 Å². The number of hydrogen-bond acceptors (Lipinski definition) is 5. The standard InChI is InChI=1S/C19H13Cl2N5/c20-13-6-7-14(21)16(11-13)25-19-23-10-8-17(26-19)24-15-5-1-3-12-4-2-9-22-18(12)15/h1-11H,(H2,23,24,25,26). The first-order valence-electron chi connectivity index (χ1n) is 7.85. The van der Waals surface area contributed by atoms with Gasteiger partial charge in [-0.25, -0.2) is 4.98 Å². The molecule has 0 radical (unpaired) electrons. The minimum atomic E-state index is 0.410. The van der Waals surface area contributed by atoms with Crippen molar-refractivity contribution in [2.45, 2.75) is 0 Å². The van der Waals surface area contributed by atoms with Crippen LogP contribution in [0.15, 0.2) is 67.0 Å². The summed E-state index contributed by atoms with van der Waals surface area (Å²) in [5, 5.41) is 8.53. The van der Waals surface area contributed by atoms with E-state index in [0.29, 0.717) is 27.5 Å². The third-order valence-electron chi connectivity index (χ3n) is 3.73. The topological polar surface area (TPSA) is 62.7 Å². The van der Waals surface area contributed by atoms with E-state index in [9.17, 15) is 0 Å². The average Bonchev–Trinajstić information content (AvgIpc) is 2.65. The third kappa shape index (κ3) is 3.54. The van der Waals surface area contributed by atoms with E-state index in [1.165, 1.54) is 0 Å². The van der Waals surface area contributed by atoms with Crippen LogP contribution in [-0.4, -0.2) is 15.0 Å². The van der Waals surface area contributed by atoms with Crippen molar-refractivity contribution in [3.8, 4) is 0 Å². The first-order valence-corrected chi connectivity index (χ1v) is 8.60. The molecule has 5 nitrogen and oxygen atoms in total. The van der Waals surface area contributed by atoms with Gasteiger partial charge in [-0.3, -0.25) is 4.98 Å². The Morgan fingerprint density at radius 1 is 0.769 bits per heavy atom. The summed E-state index contributed by atoms with van der Waals surface area (Å²) in [4.78, 5) is 13.1. The zero-order valence-electron chi connectivity index (χ0n) is 13.4. The Hall–Kier alpha value is -2.89. The molecule has 128 valence electrons. The van der Waals surface area contributed by atoms with Crippen molar-refractivity contribution in [1.29, 1.82) is 0 Å². The fraction of sp³-hybridized carbons (Fsp3) is 0. The summed E-state index contributed by atoms with van der Waals surface area (Å²) in [6, 6.07) is 16.8. The van der Waals surface area contributed by atoms with Crippen LogP contribution in [0.4, 0.5) is 23.1 Å². The van der Waals surface area contributed by atoms with Gasteiger partial charge in [-0.15, -0.1) is 0 Å². The lowest BCUT2D eigenvalue weighted by molar-refractivity contribution is 1.17. The second-order valence-corrected chi connectivity index (χ2v) is 6.36. The number of nitrogens with one attached hydrogen (secondary N) is 2. The molecule has 4 aromatic rings. The van der Waals surface area contributed by atoms with Crippen molar-refractivity contribution < 1.29 is 0 Å². The smallest absolute Gasteiger partial charge is 0.229 e. The second kappa shape index (κ2) is 7.15. The number of benzene rings is 2. The van der Waals surface area contributed by atoms with Crippen molar-refractivity contribution >= 4 is 57.2 Å². The number of rotatable bonds is 4. The van der Waals surface area contributed by atoms with Crippen LogP contribution in [0.1, 0.15) is 0 Å². The first-order chi connectivity index (χ1) is 12.7. The maximum Gasteiger partial charge on any atom is 0.229 e. The molecular formula is C19H13Cl2N5. The van der Waals surface area contributed by atoms with E-state index in [4.69, 9.17) is 23.2 Å². The van der Waals surface area contributed by atoms with E-state index in [1.807, 2.05) is 30.3 Å². The number of halogens is 2. The maximum absolute atomic E-state index is 6.18. The highest BCUT2D eigenvalue weighted by Crippen LogP contribution is 2.28. The van der Waals surface area contributed by atoms with Crippen molar-refractivity contribution in [3.63, 3.8) is 0 Å². The molecule has 2 N–H and O–H groups in total. The zero-order chi connectivity index (χ0) is 17.9. The summed E-state index contributed by atoms with van der Waals surface area (Å²) < 4.78 is 0. The molecule has 0 atom stereocenters. The Morgan fingerprint density at radius 2 is 1.65 bits per heavy atom. The molecule has 2 aromatic carbocycles. The van der Waals surface area contributed by atoms with E-state index in [-0.39, 0.29) is 0 Å². The molecule has 0 aliphatic carbocycles. The highest BCUT2D eigenvalue weighted by atomic mass is 35.5. The van der Waals surface area contributed by atoms with Gasteiger partial charge in [0.05, 0.1) is 21.9 Å². The molecule has 0 saturated carbocycles. The van der Waals surface area contributed by atoms with Crippen LogP contribution in [0, 0.1) is 0 Å². The Balaban J connectivity index is 1.62. The molecule has 0 unspecified atom stereocenters. The zero-order valence-corrected chi connectivity index (χ0v) is 15.0. The number of pyridine rings is 1. The normalized spacial score (nSPS) is 10.7. The van der Waals surface area contributed by atoms with Crippen LogP contribution in [-0.2, 0) is 0 Å². The van der Waals surface area contributed by atoms with Gasteiger partial charge in [0.15, 0.2) is 0 Å². The molecule has 0 aliphatic heterocycles. The van der Waals surface area contributed by atoms with Crippen molar-refractivity contribution in [3.05, 3.63) is 77.0 Å². The lowest BCUT2D eigenvalue weighted by Gasteiger charge is -2.11. The summed E-state index contributed by atoms with van der Waals surface area (Å²) in [7, 11) is 0. The highest BCUT2D eigenvalue weighted by Gasteiger charge is 2.07. The van der Waals surface area contributed by atoms with Gasteiger partial charge in [0.25, 0.3) is 0 Å². The van der Waals surface area contributed by atoms with Gasteiger partial charge < -0.3 is 10.6 Å². The fourth-order valence-electron chi connectivity index (χ4n) is 2.55. The van der Waals surface area contributed by atoms with E-state index in [0.717, 1.165) is 16.6 Å². The molecule has 0 fully saturated rings. The molecule has 7 heteroatoms. The number of fused-ring (bicyclic) bond motifs is 1. The van der Waals surface area contributed by atoms with Crippen LogP contribution < -0.4 is 10.6 Å². The Labute approximate surface area is 160 Å². The molecule has 26 heavy (non-hydrogen) atoms. The number of hydrogen-bond donors (Lipinski definition) is 2. The summed E-state index contributed by atoms with van der Waals surface area (Å²) in [6.07, 6.45) is 3.43. The van der Waals surface area contributed by atoms with Gasteiger partial charge in [0, 0.05) is 22.8 Å². The molecule has 0 amide bonds. The van der Waals surface area contributed by atoms with E-state index < -0.39 is 0 Å². The van der Waals surface area contributed by atoms with Gasteiger partial charge in [-0.05, 0) is 36.4 Å². The molecule has 2 heterocycles. The Morgan fingerprint density at radius 3 is 2.58 bits per heavy atom. The van der Waals surface area contributed by atoms with Gasteiger partial charge in [-0.1, -0.05) is 41.4 Å². The van der Waals surface area contributed by atoms with E-state index >= 15 is 0 Å². The van der Waals surface area contributed by atoms with Crippen LogP contribution in [0.5, 0.6) is 0 Å². The second-order valence-electron chi connectivity index (χ2n) is 5.52. The van der Waals surface area contributed by atoms with E-state index in [1.54, 1.807) is 36.7 Å². The summed E-state index contributed by atoms with van der Waals surface area (Å²) in [5.74, 6) is 1.05. The fourth-order valence-corrected chi connectivity index (χ4v) is 2.88. The predicted octanol–water partition coefficient (Wildman–Crippen LogP) is 5.82. The Bertz CT molecular complexity index is 1080. The van der Waals surface area contributed by atoms with Crippen molar-refractivity contribution in [2.24, 2.45) is 0 Å². The monoisotopic (exact) mass is 381 g/mol. The SMILES string of the molecule is Clc1ccc(Cl)c(Nc2nccc(Nc3cccc4cccnc34)n2)c1. The third-order valence-corrected chi connectivity index (χ3v) is 4.29. The molecular weight excluding hydrogens is 369 g/mol. The minimum Gasteiger partial charge on any atom is -0.338 e. The highest BCUT2D eigenvalue weighted by molar-refractivity contribution is 6.35. The van der Waals surface area contributed by atoms with Gasteiger partial charge >= 0.3 is 0 Å². The van der Waals surface area contributed by atoms with Crippen LogP contribution >= 0.6 is 23.2 Å². The van der Waals surface area contributed by atoms with Crippen molar-refractivity contribution in [2.75, 3.05) is 10.6 Å². The quantitative estimate of drug-likeness (QED) is 0.466. The largest absolute Gasteiger partial charge is 0.338 e. The number of nitrogens with zero attached hydrogens (tertiary/aromatic N) is 3. The summed E-state index contributed by atoms with van der Waals surface area (Å²) in [5.41, 5.74) is 2.39. The Kier molecular flexibility index (Phi) is 4.56. The molecule has 0 bridgehead atoms. The number of aromatic nitrogens is 3. The number of anilines is 4. The van der Waals surface area contributed by atoms with E-state index in [2.05, 4.69) is 25.6 Å². The molecule has 0 spiro atoms. The molecule has 0 saturated heterocycles. The maximum atomic E-state index is 6.18. The molecule has 0 aliphatic rings. The number of para-hydroxylation sites is 1. The van der Waals surface area contributed by atoms with Crippen LogP contribution in [0.25, 0.3) is 10.9 Å². The summed E-state index contributed by atoms with van der Waals surface area (Å²) in [6.45, 7) is 0. The minimum absolute atomic E-state index is 0.410. The molecule has 4 rings (SSSR count). The van der Waals surface area contributed by atoms with Gasteiger partial charge in [0.1, 0.15) is 5.82 Å². The van der Waals surface area contributed by atoms with Gasteiger partial charge in [-0.2, -0.15) is 4.98 Å². The lowest BCUT2D eigenvalue weighted by Crippen LogP contribution is -2.01. The first kappa shape index (κ1) is 16.6. The van der Waals surface area contributed by atoms with Crippen molar-refractivity contribution in [1.82, 2.24) is 15.0 Å².